The highest BCUT2D eigenvalue weighted by atomic mass is 35.5. The van der Waals surface area contributed by atoms with Gasteiger partial charge in [0.05, 0.1) is 5.02 Å². The fourth-order valence-corrected chi connectivity index (χ4v) is 2.21. The molecule has 1 N–H and O–H groups in total. The predicted octanol–water partition coefficient (Wildman–Crippen LogP) is 4.20. The molecule has 0 aliphatic heterocycles. The molecule has 1 aromatic heterocycles. The molecular formula is C16H13ClO3. The van der Waals surface area contributed by atoms with Crippen molar-refractivity contribution in [2.75, 3.05) is 6.61 Å². The zero-order chi connectivity index (χ0) is 13.9. The molecule has 0 aliphatic carbocycles. The van der Waals surface area contributed by atoms with Gasteiger partial charge in [-0.05, 0) is 24.3 Å². The van der Waals surface area contributed by atoms with Crippen LogP contribution in [0.2, 0.25) is 5.02 Å². The molecule has 0 amide bonds. The summed E-state index contributed by atoms with van der Waals surface area (Å²) in [4.78, 5) is 0. The molecule has 0 saturated carbocycles. The third-order valence-electron chi connectivity index (χ3n) is 2.99. The number of rotatable bonds is 4. The number of halogens is 1. The minimum atomic E-state index is -0.835. The summed E-state index contributed by atoms with van der Waals surface area (Å²) >= 11 is 6.04. The Kier molecular flexibility index (Phi) is 3.63. The Morgan fingerprint density at radius 2 is 1.90 bits per heavy atom. The van der Waals surface area contributed by atoms with Gasteiger partial charge in [0.1, 0.15) is 24.2 Å². The normalized spacial score (nSPS) is 12.5. The van der Waals surface area contributed by atoms with E-state index in [1.165, 1.54) is 0 Å². The van der Waals surface area contributed by atoms with Crippen molar-refractivity contribution in [3.63, 3.8) is 0 Å². The Labute approximate surface area is 121 Å². The molecule has 3 aromatic rings. The highest BCUT2D eigenvalue weighted by Crippen LogP contribution is 2.29. The van der Waals surface area contributed by atoms with Gasteiger partial charge >= 0.3 is 0 Å². The van der Waals surface area contributed by atoms with E-state index in [0.29, 0.717) is 22.1 Å². The molecule has 1 atom stereocenters. The summed E-state index contributed by atoms with van der Waals surface area (Å²) in [5.74, 6) is 1.16. The first-order valence-electron chi connectivity index (χ1n) is 6.28. The van der Waals surface area contributed by atoms with E-state index in [1.54, 1.807) is 12.1 Å². The average molecular weight is 289 g/mol. The average Bonchev–Trinajstić information content (AvgIpc) is 2.91. The van der Waals surface area contributed by atoms with E-state index in [4.69, 9.17) is 20.8 Å². The highest BCUT2D eigenvalue weighted by Gasteiger charge is 2.15. The van der Waals surface area contributed by atoms with E-state index in [-0.39, 0.29) is 6.61 Å². The quantitative estimate of drug-likeness (QED) is 0.782. The zero-order valence-electron chi connectivity index (χ0n) is 10.6. The number of hydrogen-bond donors (Lipinski definition) is 1. The molecule has 20 heavy (non-hydrogen) atoms. The molecule has 0 radical (unpaired) electrons. The summed E-state index contributed by atoms with van der Waals surface area (Å²) in [6, 6.07) is 16.6. The highest BCUT2D eigenvalue weighted by molar-refractivity contribution is 6.34. The zero-order valence-corrected chi connectivity index (χ0v) is 11.4. The van der Waals surface area contributed by atoms with Crippen LogP contribution in [0.1, 0.15) is 11.9 Å². The number of fused-ring (bicyclic) bond motifs is 1. The topological polar surface area (TPSA) is 42.6 Å². The Hall–Kier alpha value is -1.97. The van der Waals surface area contributed by atoms with Gasteiger partial charge in [-0.1, -0.05) is 41.9 Å². The van der Waals surface area contributed by atoms with Crippen LogP contribution < -0.4 is 4.74 Å². The fraction of sp³-hybridized carbons (Fsp3) is 0.125. The molecule has 1 unspecified atom stereocenters. The molecule has 0 spiro atoms. The van der Waals surface area contributed by atoms with Gasteiger partial charge in [-0.15, -0.1) is 0 Å². The number of para-hydroxylation sites is 2. The molecule has 3 nitrogen and oxygen atoms in total. The van der Waals surface area contributed by atoms with E-state index in [1.807, 2.05) is 42.5 Å². The summed E-state index contributed by atoms with van der Waals surface area (Å²) in [6.45, 7) is 0.126. The first-order valence-corrected chi connectivity index (χ1v) is 6.66. The lowest BCUT2D eigenvalue weighted by atomic mass is 10.2. The van der Waals surface area contributed by atoms with Crippen molar-refractivity contribution in [2.24, 2.45) is 0 Å². The number of hydrogen-bond acceptors (Lipinski definition) is 3. The lowest BCUT2D eigenvalue weighted by Gasteiger charge is -2.09. The van der Waals surface area contributed by atoms with Gasteiger partial charge in [0.15, 0.2) is 5.58 Å². The van der Waals surface area contributed by atoms with Gasteiger partial charge < -0.3 is 14.3 Å². The van der Waals surface area contributed by atoms with Gasteiger partial charge in [-0.25, -0.2) is 0 Å². The van der Waals surface area contributed by atoms with Crippen molar-refractivity contribution in [3.05, 3.63) is 65.4 Å². The van der Waals surface area contributed by atoms with Crippen LogP contribution in [0.25, 0.3) is 11.0 Å². The van der Waals surface area contributed by atoms with Gasteiger partial charge in [-0.3, -0.25) is 0 Å². The van der Waals surface area contributed by atoms with Crippen molar-refractivity contribution in [3.8, 4) is 5.75 Å². The molecule has 2 aromatic carbocycles. The van der Waals surface area contributed by atoms with Crippen LogP contribution in [0, 0.1) is 0 Å². The summed E-state index contributed by atoms with van der Waals surface area (Å²) in [5, 5.41) is 11.5. The molecule has 0 fully saturated rings. The third-order valence-corrected chi connectivity index (χ3v) is 3.29. The van der Waals surface area contributed by atoms with Crippen molar-refractivity contribution in [1.29, 1.82) is 0 Å². The molecule has 0 bridgehead atoms. The molecular weight excluding hydrogens is 276 g/mol. The Morgan fingerprint density at radius 3 is 2.65 bits per heavy atom. The van der Waals surface area contributed by atoms with Crippen LogP contribution in [-0.2, 0) is 0 Å². The van der Waals surface area contributed by atoms with Crippen LogP contribution >= 0.6 is 11.6 Å². The Morgan fingerprint density at radius 1 is 1.10 bits per heavy atom. The number of furan rings is 1. The predicted molar refractivity (Wildman–Crippen MR) is 78.1 cm³/mol. The summed E-state index contributed by atoms with van der Waals surface area (Å²) < 4.78 is 11.1. The minimum Gasteiger partial charge on any atom is -0.490 e. The number of aliphatic hydroxyl groups excluding tert-OH is 1. The third kappa shape index (κ3) is 2.64. The molecule has 0 aliphatic rings. The standard InChI is InChI=1S/C16H13ClO3/c17-13-8-4-5-11-9-15(20-16(11)13)14(18)10-19-12-6-2-1-3-7-12/h1-9,14,18H,10H2. The van der Waals surface area contributed by atoms with Crippen molar-refractivity contribution in [2.45, 2.75) is 6.10 Å². The second-order valence-corrected chi connectivity index (χ2v) is 4.85. The lowest BCUT2D eigenvalue weighted by molar-refractivity contribution is 0.0903. The SMILES string of the molecule is OC(COc1ccccc1)c1cc2cccc(Cl)c2o1. The van der Waals surface area contributed by atoms with E-state index >= 15 is 0 Å². The molecule has 102 valence electrons. The van der Waals surface area contributed by atoms with E-state index in [0.717, 1.165) is 5.39 Å². The number of benzene rings is 2. The molecule has 4 heteroatoms. The van der Waals surface area contributed by atoms with E-state index in [9.17, 15) is 5.11 Å². The van der Waals surface area contributed by atoms with Crippen LogP contribution in [0.3, 0.4) is 0 Å². The first-order chi connectivity index (χ1) is 9.74. The van der Waals surface area contributed by atoms with Crippen molar-refractivity contribution >= 4 is 22.6 Å². The maximum Gasteiger partial charge on any atom is 0.152 e. The molecule has 3 rings (SSSR count). The second-order valence-electron chi connectivity index (χ2n) is 4.45. The van der Waals surface area contributed by atoms with Crippen molar-refractivity contribution < 1.29 is 14.3 Å². The second kappa shape index (κ2) is 5.57. The van der Waals surface area contributed by atoms with Gasteiger partial charge in [0.2, 0.25) is 0 Å². The van der Waals surface area contributed by atoms with Gasteiger partial charge in [-0.2, -0.15) is 0 Å². The van der Waals surface area contributed by atoms with Crippen molar-refractivity contribution in [1.82, 2.24) is 0 Å². The van der Waals surface area contributed by atoms with Crippen LogP contribution in [0.5, 0.6) is 5.75 Å². The van der Waals surface area contributed by atoms with E-state index < -0.39 is 6.10 Å². The molecule has 0 saturated heterocycles. The minimum absolute atomic E-state index is 0.126. The van der Waals surface area contributed by atoms with Gasteiger partial charge in [0, 0.05) is 5.39 Å². The number of aliphatic hydroxyl groups is 1. The van der Waals surface area contributed by atoms with E-state index in [2.05, 4.69) is 0 Å². The Bertz CT molecular complexity index is 706. The maximum atomic E-state index is 10.1. The largest absolute Gasteiger partial charge is 0.490 e. The van der Waals surface area contributed by atoms with Crippen LogP contribution in [0.15, 0.2) is 59.0 Å². The fourth-order valence-electron chi connectivity index (χ4n) is 1.99. The van der Waals surface area contributed by atoms with Crippen LogP contribution in [-0.4, -0.2) is 11.7 Å². The van der Waals surface area contributed by atoms with Gasteiger partial charge in [0.25, 0.3) is 0 Å². The smallest absolute Gasteiger partial charge is 0.152 e. The number of ether oxygens (including phenoxy) is 1. The Balaban J connectivity index is 1.75. The summed E-state index contributed by atoms with van der Waals surface area (Å²) in [5.41, 5.74) is 0.586. The molecule has 1 heterocycles. The maximum absolute atomic E-state index is 10.1. The lowest BCUT2D eigenvalue weighted by Crippen LogP contribution is -2.08. The summed E-state index contributed by atoms with van der Waals surface area (Å²) in [6.07, 6.45) is -0.835. The van der Waals surface area contributed by atoms with Crippen LogP contribution in [0.4, 0.5) is 0 Å². The first kappa shape index (κ1) is 13.0. The monoisotopic (exact) mass is 288 g/mol. The summed E-state index contributed by atoms with van der Waals surface area (Å²) in [7, 11) is 0.